The molecule has 0 radical (unpaired) electrons. The number of carboxylic acid groups (broad SMARTS) is 1. The van der Waals surface area contributed by atoms with Gasteiger partial charge < -0.3 is 15.3 Å². The van der Waals surface area contributed by atoms with Gasteiger partial charge in [-0.2, -0.15) is 4.31 Å². The van der Waals surface area contributed by atoms with Gasteiger partial charge >= 0.3 is 5.97 Å². The molecule has 1 aliphatic heterocycles. The Bertz CT molecular complexity index is 1050. The lowest BCUT2D eigenvalue weighted by Crippen LogP contribution is -2.39. The van der Waals surface area contributed by atoms with Crippen molar-refractivity contribution in [2.75, 3.05) is 26.4 Å². The van der Waals surface area contributed by atoms with Crippen molar-refractivity contribution in [3.05, 3.63) is 70.2 Å². The van der Waals surface area contributed by atoms with Crippen LogP contribution in [-0.2, 0) is 34.3 Å². The number of hydrogen-bond donors (Lipinski definition) is 2. The standard InChI is InChI=1S/C23H30ClN3O4S/c1-26(2)16-21(13-17-5-4-8-20(24)12-17)25-14-18-6-3-7-19(11-18)15-27-22(23(28)29)9-10-32(27,30)31/h3-8,11-12,21-22,25H,9-10,13-16H2,1-2H3,(H,28,29). The second-order valence-electron chi connectivity index (χ2n) is 8.50. The highest BCUT2D eigenvalue weighted by Crippen LogP contribution is 2.24. The number of sulfonamides is 1. The van der Waals surface area contributed by atoms with Gasteiger partial charge in [0, 0.05) is 30.7 Å². The Balaban J connectivity index is 1.68. The van der Waals surface area contributed by atoms with E-state index in [1.807, 2.05) is 56.6 Å². The third-order valence-electron chi connectivity index (χ3n) is 5.52. The highest BCUT2D eigenvalue weighted by molar-refractivity contribution is 7.89. The van der Waals surface area contributed by atoms with Crippen LogP contribution in [0.15, 0.2) is 48.5 Å². The molecule has 9 heteroatoms. The van der Waals surface area contributed by atoms with Crippen LogP contribution in [0, 0.1) is 0 Å². The topological polar surface area (TPSA) is 89.9 Å². The van der Waals surface area contributed by atoms with Crippen molar-refractivity contribution < 1.29 is 18.3 Å². The Morgan fingerprint density at radius 1 is 1.19 bits per heavy atom. The Morgan fingerprint density at radius 3 is 2.56 bits per heavy atom. The molecule has 2 aromatic rings. The minimum atomic E-state index is -3.55. The van der Waals surface area contributed by atoms with Crippen molar-refractivity contribution in [2.24, 2.45) is 0 Å². The molecule has 174 valence electrons. The minimum Gasteiger partial charge on any atom is -0.480 e. The lowest BCUT2D eigenvalue weighted by atomic mass is 10.0. The third kappa shape index (κ3) is 6.76. The molecule has 1 saturated heterocycles. The van der Waals surface area contributed by atoms with Crippen molar-refractivity contribution in [2.45, 2.75) is 38.0 Å². The van der Waals surface area contributed by atoms with E-state index in [1.165, 1.54) is 0 Å². The fraction of sp³-hybridized carbons (Fsp3) is 0.435. The lowest BCUT2D eigenvalue weighted by Gasteiger charge is -2.23. The van der Waals surface area contributed by atoms with Crippen molar-refractivity contribution in [3.8, 4) is 0 Å². The van der Waals surface area contributed by atoms with Gasteiger partial charge in [-0.25, -0.2) is 8.42 Å². The maximum absolute atomic E-state index is 12.3. The van der Waals surface area contributed by atoms with Crippen molar-refractivity contribution in [1.29, 1.82) is 0 Å². The zero-order valence-corrected chi connectivity index (χ0v) is 19.9. The molecule has 0 saturated carbocycles. The van der Waals surface area contributed by atoms with Gasteiger partial charge in [0.25, 0.3) is 0 Å². The van der Waals surface area contributed by atoms with Gasteiger partial charge in [0.1, 0.15) is 6.04 Å². The molecule has 1 aliphatic rings. The number of carbonyl (C=O) groups is 1. The summed E-state index contributed by atoms with van der Waals surface area (Å²) >= 11 is 6.13. The first-order valence-electron chi connectivity index (χ1n) is 10.6. The highest BCUT2D eigenvalue weighted by Gasteiger charge is 2.41. The molecule has 2 atom stereocenters. The van der Waals surface area contributed by atoms with Crippen LogP contribution in [0.4, 0.5) is 0 Å². The number of hydrogen-bond acceptors (Lipinski definition) is 5. The van der Waals surface area contributed by atoms with Crippen LogP contribution in [0.25, 0.3) is 0 Å². The molecule has 0 aliphatic carbocycles. The predicted molar refractivity (Wildman–Crippen MR) is 126 cm³/mol. The fourth-order valence-electron chi connectivity index (χ4n) is 4.04. The van der Waals surface area contributed by atoms with E-state index in [0.29, 0.717) is 6.54 Å². The van der Waals surface area contributed by atoms with Crippen molar-refractivity contribution in [3.63, 3.8) is 0 Å². The highest BCUT2D eigenvalue weighted by atomic mass is 35.5. The summed E-state index contributed by atoms with van der Waals surface area (Å²) in [6, 6.07) is 14.7. The molecular formula is C23H30ClN3O4S. The first-order chi connectivity index (χ1) is 15.1. The number of aliphatic carboxylic acids is 1. The van der Waals surface area contributed by atoms with E-state index < -0.39 is 22.0 Å². The molecule has 2 aromatic carbocycles. The third-order valence-corrected chi connectivity index (χ3v) is 7.61. The number of halogens is 1. The summed E-state index contributed by atoms with van der Waals surface area (Å²) in [7, 11) is 0.512. The molecule has 7 nitrogen and oxygen atoms in total. The molecule has 0 bridgehead atoms. The van der Waals surface area contributed by atoms with Gasteiger partial charge in [0.05, 0.1) is 5.75 Å². The first-order valence-corrected chi connectivity index (χ1v) is 12.6. The molecule has 0 aromatic heterocycles. The number of benzene rings is 2. The zero-order valence-electron chi connectivity index (χ0n) is 18.4. The van der Waals surface area contributed by atoms with Crippen LogP contribution < -0.4 is 5.32 Å². The smallest absolute Gasteiger partial charge is 0.322 e. The van der Waals surface area contributed by atoms with E-state index in [0.717, 1.165) is 39.0 Å². The summed E-state index contributed by atoms with van der Waals surface area (Å²) in [5.74, 6) is -1.22. The van der Waals surface area contributed by atoms with Gasteiger partial charge in [-0.15, -0.1) is 0 Å². The van der Waals surface area contributed by atoms with Crippen LogP contribution in [0.2, 0.25) is 5.02 Å². The monoisotopic (exact) mass is 479 g/mol. The van der Waals surface area contributed by atoms with E-state index in [1.54, 1.807) is 0 Å². The van der Waals surface area contributed by atoms with Crippen LogP contribution >= 0.6 is 11.6 Å². The quantitative estimate of drug-likeness (QED) is 0.544. The average molecular weight is 480 g/mol. The molecule has 32 heavy (non-hydrogen) atoms. The van der Waals surface area contributed by atoms with Gasteiger partial charge in [-0.3, -0.25) is 4.79 Å². The Morgan fingerprint density at radius 2 is 1.88 bits per heavy atom. The Kier molecular flexibility index (Phi) is 8.30. The summed E-state index contributed by atoms with van der Waals surface area (Å²) < 4.78 is 25.7. The van der Waals surface area contributed by atoms with Gasteiger partial charge in [0.2, 0.25) is 10.0 Å². The van der Waals surface area contributed by atoms with Crippen LogP contribution in [-0.4, -0.2) is 67.2 Å². The zero-order chi connectivity index (χ0) is 23.3. The fourth-order valence-corrected chi connectivity index (χ4v) is 5.94. The summed E-state index contributed by atoms with van der Waals surface area (Å²) in [4.78, 5) is 13.6. The van der Waals surface area contributed by atoms with E-state index >= 15 is 0 Å². The molecule has 1 heterocycles. The SMILES string of the molecule is CN(C)CC(Cc1cccc(Cl)c1)NCc1cccc(CN2C(C(=O)O)CCS2(=O)=O)c1. The normalized spacial score (nSPS) is 19.3. The Labute approximate surface area is 195 Å². The van der Waals surface area contributed by atoms with Crippen LogP contribution in [0.1, 0.15) is 23.1 Å². The second kappa shape index (κ2) is 10.8. The number of carboxylic acids is 1. The molecule has 3 rings (SSSR count). The maximum Gasteiger partial charge on any atom is 0.322 e. The number of likely N-dealkylation sites (N-methyl/N-ethyl adjacent to an activating group) is 1. The largest absolute Gasteiger partial charge is 0.480 e. The van der Waals surface area contributed by atoms with Gasteiger partial charge in [0.15, 0.2) is 0 Å². The van der Waals surface area contributed by atoms with Crippen molar-refractivity contribution in [1.82, 2.24) is 14.5 Å². The summed E-state index contributed by atoms with van der Waals surface area (Å²) in [5.41, 5.74) is 2.95. The van der Waals surface area contributed by atoms with E-state index in [4.69, 9.17) is 11.6 Å². The number of rotatable bonds is 10. The lowest BCUT2D eigenvalue weighted by molar-refractivity contribution is -0.141. The predicted octanol–water partition coefficient (Wildman–Crippen LogP) is 2.59. The van der Waals surface area contributed by atoms with E-state index in [9.17, 15) is 18.3 Å². The molecule has 0 spiro atoms. The molecule has 0 amide bonds. The first kappa shape index (κ1) is 24.7. The van der Waals surface area contributed by atoms with E-state index in [-0.39, 0.29) is 24.8 Å². The Hall–Kier alpha value is -1.97. The van der Waals surface area contributed by atoms with Gasteiger partial charge in [-0.1, -0.05) is 48.0 Å². The second-order valence-corrected chi connectivity index (χ2v) is 11.0. The minimum absolute atomic E-state index is 0.0663. The van der Waals surface area contributed by atoms with Crippen molar-refractivity contribution >= 4 is 27.6 Å². The number of nitrogens with one attached hydrogen (secondary N) is 1. The summed E-state index contributed by atoms with van der Waals surface area (Å²) in [6.45, 7) is 1.53. The molecule has 1 fully saturated rings. The van der Waals surface area contributed by atoms with E-state index in [2.05, 4.69) is 16.3 Å². The molecule has 2 unspecified atom stereocenters. The molecular weight excluding hydrogens is 450 g/mol. The van der Waals surface area contributed by atoms with Crippen LogP contribution in [0.5, 0.6) is 0 Å². The van der Waals surface area contributed by atoms with Crippen LogP contribution in [0.3, 0.4) is 0 Å². The average Bonchev–Trinajstić information content (AvgIpc) is 3.00. The summed E-state index contributed by atoms with van der Waals surface area (Å²) in [6.07, 6.45) is 0.944. The van der Waals surface area contributed by atoms with Gasteiger partial charge in [-0.05, 0) is 55.8 Å². The molecule has 2 N–H and O–H groups in total. The maximum atomic E-state index is 12.3. The summed E-state index contributed by atoms with van der Waals surface area (Å²) in [5, 5.41) is 13.7. The number of nitrogens with zero attached hydrogens (tertiary/aromatic N) is 2.